The SMILES string of the molecule is CS(=O)(=O)NCCOc1ccc(Cc2cc(C3OC(CN4CCCCC4)C(O)C(O)C3O)ccc2Cl)cc1. The monoisotopic (exact) mass is 568 g/mol. The van der Waals surface area contributed by atoms with Crippen LogP contribution in [0.25, 0.3) is 0 Å². The van der Waals surface area contributed by atoms with Crippen molar-refractivity contribution >= 4 is 21.6 Å². The standard InChI is InChI=1S/C27H37ClN2O7S/c1-38(34,35)29-11-14-36-21-8-5-18(6-9-21)15-20-16-19(7-10-22(20)28)27-26(33)25(32)24(31)23(37-27)17-30-12-3-2-4-13-30/h5-10,16,23-27,29,31-33H,2-4,11-15,17H2,1H3. The van der Waals surface area contributed by atoms with Crippen molar-refractivity contribution in [3.8, 4) is 5.75 Å². The molecule has 2 heterocycles. The summed E-state index contributed by atoms with van der Waals surface area (Å²) in [6.07, 6.45) is -0.147. The molecule has 210 valence electrons. The summed E-state index contributed by atoms with van der Waals surface area (Å²) in [6.45, 7) is 2.76. The molecular weight excluding hydrogens is 532 g/mol. The van der Waals surface area contributed by atoms with Gasteiger partial charge in [-0.05, 0) is 67.2 Å². The lowest BCUT2D eigenvalue weighted by atomic mass is 9.89. The molecule has 0 saturated carbocycles. The normalized spacial score (nSPS) is 26.8. The third kappa shape index (κ3) is 7.89. The van der Waals surface area contributed by atoms with Gasteiger partial charge in [-0.15, -0.1) is 0 Å². The fourth-order valence-electron chi connectivity index (χ4n) is 5.00. The molecule has 2 aliphatic rings. The van der Waals surface area contributed by atoms with Crippen LogP contribution in [-0.4, -0.2) is 92.1 Å². The molecule has 2 saturated heterocycles. The van der Waals surface area contributed by atoms with Crippen molar-refractivity contribution in [1.29, 1.82) is 0 Å². The van der Waals surface area contributed by atoms with E-state index < -0.39 is 40.5 Å². The van der Waals surface area contributed by atoms with Crippen LogP contribution in [0.2, 0.25) is 5.02 Å². The van der Waals surface area contributed by atoms with Crippen molar-refractivity contribution in [3.63, 3.8) is 0 Å². The second-order valence-electron chi connectivity index (χ2n) is 10.1. The van der Waals surface area contributed by atoms with Gasteiger partial charge >= 0.3 is 0 Å². The minimum Gasteiger partial charge on any atom is -0.492 e. The van der Waals surface area contributed by atoms with Crippen LogP contribution in [0.4, 0.5) is 0 Å². The highest BCUT2D eigenvalue weighted by Crippen LogP contribution is 2.35. The quantitative estimate of drug-likeness (QED) is 0.320. The Labute approximate surface area is 229 Å². The second kappa shape index (κ2) is 13.1. The third-order valence-corrected chi connectivity index (χ3v) is 8.15. The Kier molecular flexibility index (Phi) is 10.0. The van der Waals surface area contributed by atoms with E-state index in [1.54, 1.807) is 12.1 Å². The van der Waals surface area contributed by atoms with Crippen molar-refractivity contribution in [3.05, 3.63) is 64.2 Å². The van der Waals surface area contributed by atoms with E-state index >= 15 is 0 Å². The summed E-state index contributed by atoms with van der Waals surface area (Å²) in [5, 5.41) is 32.5. The number of hydrogen-bond acceptors (Lipinski definition) is 8. The Morgan fingerprint density at radius 2 is 1.74 bits per heavy atom. The molecule has 2 aromatic carbocycles. The Hall–Kier alpha value is -1.76. The first-order chi connectivity index (χ1) is 18.1. The van der Waals surface area contributed by atoms with E-state index in [0.29, 0.717) is 29.3 Å². The number of nitrogens with zero attached hydrogens (tertiary/aromatic N) is 1. The summed E-state index contributed by atoms with van der Waals surface area (Å²) in [5.41, 5.74) is 2.50. The highest BCUT2D eigenvalue weighted by atomic mass is 35.5. The van der Waals surface area contributed by atoms with Gasteiger partial charge in [-0.25, -0.2) is 13.1 Å². The first kappa shape index (κ1) is 29.2. The van der Waals surface area contributed by atoms with Gasteiger partial charge in [-0.1, -0.05) is 42.3 Å². The summed E-state index contributed by atoms with van der Waals surface area (Å²) in [7, 11) is -3.25. The maximum absolute atomic E-state index is 11.1. The molecule has 0 aromatic heterocycles. The minimum atomic E-state index is -3.25. The number of hydrogen-bond donors (Lipinski definition) is 4. The van der Waals surface area contributed by atoms with Gasteiger partial charge < -0.3 is 29.7 Å². The Balaban J connectivity index is 1.42. The zero-order valence-corrected chi connectivity index (χ0v) is 23.1. The molecule has 4 N–H and O–H groups in total. The lowest BCUT2D eigenvalue weighted by molar-refractivity contribution is -0.228. The summed E-state index contributed by atoms with van der Waals surface area (Å²) < 4.78 is 36.4. The summed E-state index contributed by atoms with van der Waals surface area (Å²) in [4.78, 5) is 2.24. The molecule has 38 heavy (non-hydrogen) atoms. The van der Waals surface area contributed by atoms with Gasteiger partial charge in [0, 0.05) is 18.1 Å². The van der Waals surface area contributed by atoms with Crippen LogP contribution in [0.3, 0.4) is 0 Å². The fourth-order valence-corrected chi connectivity index (χ4v) is 5.64. The summed E-state index contributed by atoms with van der Waals surface area (Å²) >= 11 is 6.50. The van der Waals surface area contributed by atoms with Gasteiger partial charge in [0.25, 0.3) is 0 Å². The van der Waals surface area contributed by atoms with Gasteiger partial charge in [-0.2, -0.15) is 0 Å². The van der Waals surface area contributed by atoms with Gasteiger partial charge in [-0.3, -0.25) is 0 Å². The molecule has 5 atom stereocenters. The van der Waals surface area contributed by atoms with E-state index in [0.717, 1.165) is 43.3 Å². The molecule has 2 aliphatic heterocycles. The van der Waals surface area contributed by atoms with E-state index in [4.69, 9.17) is 21.1 Å². The Bertz CT molecular complexity index is 1160. The molecule has 0 bridgehead atoms. The van der Waals surface area contributed by atoms with Crippen molar-refractivity contribution < 1.29 is 33.2 Å². The molecule has 0 amide bonds. The summed E-state index contributed by atoms with van der Waals surface area (Å²) in [5.74, 6) is 0.620. The number of benzene rings is 2. The van der Waals surface area contributed by atoms with Crippen LogP contribution in [-0.2, 0) is 21.2 Å². The van der Waals surface area contributed by atoms with Crippen LogP contribution in [0.1, 0.15) is 42.1 Å². The average Bonchev–Trinajstić information content (AvgIpc) is 2.89. The van der Waals surface area contributed by atoms with E-state index in [2.05, 4.69) is 9.62 Å². The highest BCUT2D eigenvalue weighted by molar-refractivity contribution is 7.88. The van der Waals surface area contributed by atoms with Crippen LogP contribution >= 0.6 is 11.6 Å². The number of piperidine rings is 1. The lowest BCUT2D eigenvalue weighted by Gasteiger charge is -2.43. The predicted octanol–water partition coefficient (Wildman–Crippen LogP) is 1.87. The highest BCUT2D eigenvalue weighted by Gasteiger charge is 2.44. The number of rotatable bonds is 10. The van der Waals surface area contributed by atoms with Gasteiger partial charge in [0.05, 0.1) is 12.4 Å². The second-order valence-corrected chi connectivity index (χ2v) is 12.4. The van der Waals surface area contributed by atoms with Crippen LogP contribution in [0, 0.1) is 0 Å². The predicted molar refractivity (Wildman–Crippen MR) is 145 cm³/mol. The van der Waals surface area contributed by atoms with E-state index in [1.807, 2.05) is 30.3 Å². The number of sulfonamides is 1. The molecule has 0 aliphatic carbocycles. The maximum Gasteiger partial charge on any atom is 0.208 e. The average molecular weight is 569 g/mol. The zero-order valence-electron chi connectivity index (χ0n) is 21.5. The Morgan fingerprint density at radius 3 is 2.42 bits per heavy atom. The first-order valence-corrected chi connectivity index (χ1v) is 15.2. The topological polar surface area (TPSA) is 129 Å². The number of aliphatic hydroxyl groups excluding tert-OH is 3. The van der Waals surface area contributed by atoms with Crippen molar-refractivity contribution in [2.24, 2.45) is 0 Å². The number of likely N-dealkylation sites (tertiary alicyclic amines) is 1. The lowest BCUT2D eigenvalue weighted by Crippen LogP contribution is -2.57. The molecule has 9 nitrogen and oxygen atoms in total. The molecule has 5 unspecified atom stereocenters. The summed E-state index contributed by atoms with van der Waals surface area (Å²) in [6, 6.07) is 12.8. The molecule has 0 radical (unpaired) electrons. The van der Waals surface area contributed by atoms with E-state index in [9.17, 15) is 23.7 Å². The largest absolute Gasteiger partial charge is 0.492 e. The number of aliphatic hydroxyl groups is 3. The fraction of sp³-hybridized carbons (Fsp3) is 0.556. The first-order valence-electron chi connectivity index (χ1n) is 13.0. The molecule has 11 heteroatoms. The van der Waals surface area contributed by atoms with E-state index in [-0.39, 0.29) is 13.2 Å². The number of ether oxygens (including phenoxy) is 2. The maximum atomic E-state index is 11.1. The van der Waals surface area contributed by atoms with Crippen LogP contribution in [0.15, 0.2) is 42.5 Å². The van der Waals surface area contributed by atoms with Crippen LogP contribution < -0.4 is 9.46 Å². The molecule has 0 spiro atoms. The Morgan fingerprint density at radius 1 is 1.03 bits per heavy atom. The molecule has 2 fully saturated rings. The number of halogens is 1. The molecule has 4 rings (SSSR count). The van der Waals surface area contributed by atoms with Crippen molar-refractivity contribution in [1.82, 2.24) is 9.62 Å². The zero-order chi connectivity index (χ0) is 27.3. The van der Waals surface area contributed by atoms with Gasteiger partial charge in [0.1, 0.15) is 36.8 Å². The van der Waals surface area contributed by atoms with Gasteiger partial charge in [0.15, 0.2) is 0 Å². The van der Waals surface area contributed by atoms with Crippen LogP contribution in [0.5, 0.6) is 5.75 Å². The van der Waals surface area contributed by atoms with E-state index in [1.165, 1.54) is 6.42 Å². The number of nitrogens with one attached hydrogen (secondary N) is 1. The van der Waals surface area contributed by atoms with Crippen molar-refractivity contribution in [2.45, 2.75) is 56.2 Å². The molecule has 2 aromatic rings. The smallest absolute Gasteiger partial charge is 0.208 e. The third-order valence-electron chi connectivity index (χ3n) is 7.05. The van der Waals surface area contributed by atoms with Gasteiger partial charge in [0.2, 0.25) is 10.0 Å². The minimum absolute atomic E-state index is 0.183. The van der Waals surface area contributed by atoms with Crippen molar-refractivity contribution in [2.75, 3.05) is 39.0 Å². The molecular formula is C27H37ClN2O7S.